The van der Waals surface area contributed by atoms with E-state index < -0.39 is 16.1 Å². The molecule has 12 heteroatoms. The zero-order chi connectivity index (χ0) is 24.3. The molecular weight excluding hydrogens is 460 g/mol. The number of amides is 2. The second-order valence-electron chi connectivity index (χ2n) is 8.24. The normalized spacial score (nSPS) is 16.5. The first-order chi connectivity index (χ1) is 16.2. The second kappa shape index (κ2) is 9.77. The Hall–Kier alpha value is -3.51. The lowest BCUT2D eigenvalue weighted by Crippen LogP contribution is -2.38. The molecule has 1 atom stereocenters. The van der Waals surface area contributed by atoms with Crippen molar-refractivity contribution in [2.75, 3.05) is 32.4 Å². The van der Waals surface area contributed by atoms with Gasteiger partial charge in [0.25, 0.3) is 5.91 Å². The third-order valence-corrected chi connectivity index (χ3v) is 6.44. The number of sulfonamides is 1. The molecule has 1 unspecified atom stereocenters. The van der Waals surface area contributed by atoms with Crippen molar-refractivity contribution in [2.24, 2.45) is 0 Å². The Labute approximate surface area is 196 Å². The number of pyridine rings is 2. The van der Waals surface area contributed by atoms with Crippen molar-refractivity contribution in [1.82, 2.24) is 29.5 Å². The van der Waals surface area contributed by atoms with Crippen LogP contribution in [-0.2, 0) is 10.0 Å². The molecule has 0 aliphatic carbocycles. The van der Waals surface area contributed by atoms with Gasteiger partial charge in [-0.25, -0.2) is 22.4 Å². The Kier molecular flexibility index (Phi) is 6.80. The number of aromatic nitrogens is 3. The topological polar surface area (TPSA) is 146 Å². The van der Waals surface area contributed by atoms with Gasteiger partial charge in [-0.3, -0.25) is 9.78 Å². The van der Waals surface area contributed by atoms with Crippen LogP contribution in [0, 0.1) is 0 Å². The van der Waals surface area contributed by atoms with Crippen LogP contribution in [0.2, 0.25) is 0 Å². The van der Waals surface area contributed by atoms with E-state index in [2.05, 4.69) is 15.1 Å². The van der Waals surface area contributed by atoms with Gasteiger partial charge in [-0.1, -0.05) is 6.07 Å². The van der Waals surface area contributed by atoms with E-state index in [1.165, 1.54) is 4.90 Å². The van der Waals surface area contributed by atoms with E-state index in [4.69, 9.17) is 4.98 Å². The third-order valence-electron chi connectivity index (χ3n) is 5.71. The van der Waals surface area contributed by atoms with Crippen LogP contribution >= 0.6 is 0 Å². The molecule has 3 N–H and O–H groups in total. The number of nitrogens with zero attached hydrogens (tertiary/aromatic N) is 4. The lowest BCUT2D eigenvalue weighted by atomic mass is 9.94. The molecule has 1 saturated heterocycles. The van der Waals surface area contributed by atoms with Gasteiger partial charge in [0.1, 0.15) is 0 Å². The molecule has 2 amide bonds. The van der Waals surface area contributed by atoms with Crippen LogP contribution < -0.4 is 10.0 Å². The van der Waals surface area contributed by atoms with Gasteiger partial charge in [-0.2, -0.15) is 5.10 Å². The smallest absolute Gasteiger partial charge is 0.407 e. The number of hydrogen-bond acceptors (Lipinski definition) is 6. The van der Waals surface area contributed by atoms with Crippen LogP contribution in [0.4, 0.5) is 4.79 Å². The number of fused-ring (bicyclic) bond motifs is 1. The maximum Gasteiger partial charge on any atom is 0.407 e. The Morgan fingerprint density at radius 2 is 2.03 bits per heavy atom. The van der Waals surface area contributed by atoms with E-state index >= 15 is 0 Å². The summed E-state index contributed by atoms with van der Waals surface area (Å²) < 4.78 is 26.1. The molecule has 0 spiro atoms. The Morgan fingerprint density at radius 1 is 1.21 bits per heavy atom. The van der Waals surface area contributed by atoms with Crippen molar-refractivity contribution in [3.8, 4) is 11.3 Å². The van der Waals surface area contributed by atoms with Crippen LogP contribution in [0.3, 0.4) is 0 Å². The molecule has 0 saturated carbocycles. The summed E-state index contributed by atoms with van der Waals surface area (Å²) in [5, 5.41) is 16.3. The maximum absolute atomic E-state index is 12.4. The summed E-state index contributed by atoms with van der Waals surface area (Å²) in [6, 6.07) is 9.18. The van der Waals surface area contributed by atoms with Crippen LogP contribution in [0.5, 0.6) is 0 Å². The van der Waals surface area contributed by atoms with Gasteiger partial charge < -0.3 is 15.3 Å². The molecule has 3 aromatic heterocycles. The van der Waals surface area contributed by atoms with E-state index in [-0.39, 0.29) is 24.9 Å². The van der Waals surface area contributed by atoms with E-state index in [0.29, 0.717) is 18.7 Å². The lowest BCUT2D eigenvalue weighted by Gasteiger charge is -2.30. The summed E-state index contributed by atoms with van der Waals surface area (Å²) in [6.45, 7) is 1.24. The first-order valence-electron chi connectivity index (χ1n) is 10.9. The average Bonchev–Trinajstić information content (AvgIpc) is 3.24. The minimum atomic E-state index is -3.31. The summed E-state index contributed by atoms with van der Waals surface area (Å²) in [5.74, 6) is -0.297. The molecule has 1 aliphatic rings. The fourth-order valence-corrected chi connectivity index (χ4v) is 4.52. The number of rotatable bonds is 7. The molecule has 0 radical (unpaired) electrons. The van der Waals surface area contributed by atoms with Crippen LogP contribution in [-0.4, -0.2) is 77.5 Å². The molecular formula is C22H26N6O5S. The van der Waals surface area contributed by atoms with Gasteiger partial charge in [-0.05, 0) is 37.1 Å². The highest BCUT2D eigenvalue weighted by molar-refractivity contribution is 7.88. The molecule has 11 nitrogen and oxygen atoms in total. The van der Waals surface area contributed by atoms with Gasteiger partial charge in [-0.15, -0.1) is 0 Å². The molecule has 34 heavy (non-hydrogen) atoms. The Morgan fingerprint density at radius 3 is 2.79 bits per heavy atom. The zero-order valence-electron chi connectivity index (χ0n) is 18.6. The summed E-state index contributed by atoms with van der Waals surface area (Å²) in [7, 11) is -3.31. The van der Waals surface area contributed by atoms with Crippen LogP contribution in [0.15, 0.2) is 42.7 Å². The summed E-state index contributed by atoms with van der Waals surface area (Å²) >= 11 is 0. The second-order valence-corrected chi connectivity index (χ2v) is 10.1. The first-order valence-corrected chi connectivity index (χ1v) is 12.8. The highest BCUT2D eigenvalue weighted by atomic mass is 32.2. The summed E-state index contributed by atoms with van der Waals surface area (Å²) in [6.07, 6.45) is 5.12. The highest BCUT2D eigenvalue weighted by Gasteiger charge is 2.25. The van der Waals surface area contributed by atoms with Gasteiger partial charge in [0.15, 0.2) is 0 Å². The van der Waals surface area contributed by atoms with Crippen LogP contribution in [0.25, 0.3) is 16.8 Å². The number of piperidine rings is 1. The molecule has 1 aliphatic heterocycles. The zero-order valence-corrected chi connectivity index (χ0v) is 19.5. The van der Waals surface area contributed by atoms with Crippen molar-refractivity contribution >= 4 is 27.5 Å². The minimum Gasteiger partial charge on any atom is -0.465 e. The largest absolute Gasteiger partial charge is 0.465 e. The molecule has 180 valence electrons. The number of hydrogen-bond donors (Lipinski definition) is 3. The average molecular weight is 487 g/mol. The fourth-order valence-electron chi connectivity index (χ4n) is 4.05. The predicted octanol–water partition coefficient (Wildman–Crippen LogP) is 1.53. The van der Waals surface area contributed by atoms with E-state index in [1.807, 2.05) is 18.2 Å². The molecule has 4 heterocycles. The number of likely N-dealkylation sites (tertiary alicyclic amines) is 1. The van der Waals surface area contributed by atoms with Crippen molar-refractivity contribution in [2.45, 2.75) is 18.8 Å². The van der Waals surface area contributed by atoms with E-state index in [1.54, 1.807) is 29.0 Å². The number of nitrogens with one attached hydrogen (secondary N) is 2. The quantitative estimate of drug-likeness (QED) is 0.429. The van der Waals surface area contributed by atoms with Crippen molar-refractivity contribution in [1.29, 1.82) is 0 Å². The Bertz CT molecular complexity index is 1320. The van der Waals surface area contributed by atoms with Crippen molar-refractivity contribution in [3.05, 3.63) is 54.0 Å². The summed E-state index contributed by atoms with van der Waals surface area (Å²) in [4.78, 5) is 30.0. The highest BCUT2D eigenvalue weighted by Crippen LogP contribution is 2.29. The van der Waals surface area contributed by atoms with Gasteiger partial charge in [0, 0.05) is 49.6 Å². The van der Waals surface area contributed by atoms with Crippen molar-refractivity contribution in [3.63, 3.8) is 0 Å². The van der Waals surface area contributed by atoms with Crippen molar-refractivity contribution < 1.29 is 23.1 Å². The first kappa shape index (κ1) is 23.6. The van der Waals surface area contributed by atoms with Gasteiger partial charge in [0.2, 0.25) is 10.0 Å². The maximum atomic E-state index is 12.4. The number of carbonyl (C=O) groups excluding carboxylic acids is 1. The van der Waals surface area contributed by atoms with Gasteiger partial charge >= 0.3 is 6.09 Å². The molecule has 1 fully saturated rings. The molecule has 4 rings (SSSR count). The molecule has 0 aromatic carbocycles. The predicted molar refractivity (Wildman–Crippen MR) is 125 cm³/mol. The monoisotopic (exact) mass is 486 g/mol. The van der Waals surface area contributed by atoms with Gasteiger partial charge in [0.05, 0.1) is 29.2 Å². The molecule has 3 aromatic rings. The summed E-state index contributed by atoms with van der Waals surface area (Å²) in [5.41, 5.74) is 3.54. The lowest BCUT2D eigenvalue weighted by molar-refractivity contribution is 0.0953. The SMILES string of the molecule is CS(=O)(=O)NCCNC(=O)c1ccc2c(-c3cccc(C4CCCN(C(=O)O)C4)n3)cnn2c1. The number of carboxylic acid groups (broad SMARTS) is 1. The number of carbonyl (C=O) groups is 2. The Balaban J connectivity index is 1.50. The van der Waals surface area contributed by atoms with E-state index in [0.717, 1.165) is 41.6 Å². The standard InChI is InChI=1S/C22H26N6O5S/c1-34(32,33)25-10-9-23-21(29)16-7-8-20-17(12-24-28(20)14-16)19-6-2-5-18(26-19)15-4-3-11-27(13-15)22(30)31/h2,5-8,12,14-15,25H,3-4,9-11,13H2,1H3,(H,23,29)(H,30,31). The molecule has 0 bridgehead atoms. The van der Waals surface area contributed by atoms with E-state index in [9.17, 15) is 23.1 Å². The minimum absolute atomic E-state index is 0.0409. The van der Waals surface area contributed by atoms with Crippen LogP contribution in [0.1, 0.15) is 34.8 Å². The third kappa shape index (κ3) is 5.51. The fraction of sp³-hybridized carbons (Fsp3) is 0.364.